The van der Waals surface area contributed by atoms with Gasteiger partial charge in [0.2, 0.25) is 0 Å². The van der Waals surface area contributed by atoms with Crippen molar-refractivity contribution in [2.24, 2.45) is 5.73 Å². The molecule has 0 saturated heterocycles. The first-order chi connectivity index (χ1) is 7.58. The van der Waals surface area contributed by atoms with Crippen molar-refractivity contribution < 1.29 is 0 Å². The third-order valence-corrected chi connectivity index (χ3v) is 3.72. The summed E-state index contributed by atoms with van der Waals surface area (Å²) in [5.41, 5.74) is 10.9. The second kappa shape index (κ2) is 4.36. The van der Waals surface area contributed by atoms with Crippen LogP contribution in [0, 0.1) is 20.8 Å². The fourth-order valence-electron chi connectivity index (χ4n) is 1.74. The van der Waals surface area contributed by atoms with Crippen molar-refractivity contribution in [3.05, 3.63) is 51.0 Å². The van der Waals surface area contributed by atoms with Crippen molar-refractivity contribution >= 4 is 11.3 Å². The number of benzene rings is 1. The zero-order chi connectivity index (χ0) is 11.7. The molecule has 0 bridgehead atoms. The maximum absolute atomic E-state index is 6.25. The smallest absolute Gasteiger partial charge is 0.114 e. The van der Waals surface area contributed by atoms with Crippen LogP contribution >= 0.6 is 11.3 Å². The fourth-order valence-corrected chi connectivity index (χ4v) is 2.56. The highest BCUT2D eigenvalue weighted by Crippen LogP contribution is 2.25. The van der Waals surface area contributed by atoms with Crippen LogP contribution in [-0.2, 0) is 0 Å². The molecule has 3 heteroatoms. The second-order valence-electron chi connectivity index (χ2n) is 4.16. The van der Waals surface area contributed by atoms with Gasteiger partial charge in [-0.25, -0.2) is 4.98 Å². The van der Waals surface area contributed by atoms with Gasteiger partial charge in [-0.2, -0.15) is 0 Å². The van der Waals surface area contributed by atoms with Crippen molar-refractivity contribution in [3.63, 3.8) is 0 Å². The molecule has 0 aliphatic carbocycles. The van der Waals surface area contributed by atoms with Crippen LogP contribution in [0.15, 0.2) is 23.6 Å². The Morgan fingerprint density at radius 3 is 2.62 bits per heavy atom. The molecule has 0 amide bonds. The largest absolute Gasteiger partial charge is 0.318 e. The number of thiazole rings is 1. The minimum absolute atomic E-state index is 0.0985. The molecular formula is C13H16N2S. The summed E-state index contributed by atoms with van der Waals surface area (Å²) in [5, 5.41) is 3.03. The second-order valence-corrected chi connectivity index (χ2v) is 5.05. The van der Waals surface area contributed by atoms with Gasteiger partial charge in [0.25, 0.3) is 0 Å². The Bertz CT molecular complexity index is 502. The van der Waals surface area contributed by atoms with Crippen molar-refractivity contribution in [2.45, 2.75) is 26.8 Å². The van der Waals surface area contributed by atoms with Gasteiger partial charge in [0.15, 0.2) is 0 Å². The minimum atomic E-state index is -0.0985. The Morgan fingerprint density at radius 2 is 2.00 bits per heavy atom. The van der Waals surface area contributed by atoms with Crippen LogP contribution in [-0.4, -0.2) is 4.98 Å². The third kappa shape index (κ3) is 2.15. The zero-order valence-corrected chi connectivity index (χ0v) is 10.6. The summed E-state index contributed by atoms with van der Waals surface area (Å²) in [4.78, 5) is 4.45. The molecule has 0 fully saturated rings. The molecule has 2 rings (SSSR count). The van der Waals surface area contributed by atoms with Crippen LogP contribution in [0.1, 0.15) is 33.4 Å². The van der Waals surface area contributed by atoms with E-state index in [1.54, 1.807) is 11.3 Å². The van der Waals surface area contributed by atoms with Gasteiger partial charge in [-0.05, 0) is 31.9 Å². The van der Waals surface area contributed by atoms with E-state index in [4.69, 9.17) is 5.73 Å². The summed E-state index contributed by atoms with van der Waals surface area (Å²) in [6.45, 7) is 6.17. The molecular weight excluding hydrogens is 216 g/mol. The minimum Gasteiger partial charge on any atom is -0.318 e. The Hall–Kier alpha value is -1.19. The average Bonchev–Trinajstić information content (AvgIpc) is 2.67. The molecule has 16 heavy (non-hydrogen) atoms. The fraction of sp³-hybridized carbons (Fsp3) is 0.308. The van der Waals surface area contributed by atoms with E-state index in [-0.39, 0.29) is 6.04 Å². The maximum atomic E-state index is 6.25. The Kier molecular flexibility index (Phi) is 3.08. The predicted octanol–water partition coefficient (Wildman–Crippen LogP) is 3.12. The van der Waals surface area contributed by atoms with E-state index in [0.717, 1.165) is 10.7 Å². The van der Waals surface area contributed by atoms with Crippen LogP contribution in [0.4, 0.5) is 0 Å². The summed E-state index contributed by atoms with van der Waals surface area (Å²) in [6.07, 6.45) is 0. The van der Waals surface area contributed by atoms with E-state index < -0.39 is 0 Å². The van der Waals surface area contributed by atoms with Crippen molar-refractivity contribution in [1.29, 1.82) is 0 Å². The van der Waals surface area contributed by atoms with Crippen LogP contribution in [0.3, 0.4) is 0 Å². The molecule has 0 radical (unpaired) electrons. The van der Waals surface area contributed by atoms with E-state index in [1.165, 1.54) is 16.7 Å². The predicted molar refractivity (Wildman–Crippen MR) is 68.8 cm³/mol. The molecule has 0 aliphatic heterocycles. The van der Waals surface area contributed by atoms with E-state index in [9.17, 15) is 0 Å². The molecule has 2 N–H and O–H groups in total. The summed E-state index contributed by atoms with van der Waals surface area (Å²) >= 11 is 1.63. The maximum Gasteiger partial charge on any atom is 0.114 e. The van der Waals surface area contributed by atoms with Gasteiger partial charge in [0, 0.05) is 11.1 Å². The number of aryl methyl sites for hydroxylation is 3. The van der Waals surface area contributed by atoms with Crippen molar-refractivity contribution in [3.8, 4) is 0 Å². The SMILES string of the molecule is Cc1ccc(C)c(C(N)c2nc(C)cs2)c1. The van der Waals surface area contributed by atoms with Crippen LogP contribution in [0.25, 0.3) is 0 Å². The first-order valence-electron chi connectivity index (χ1n) is 5.32. The summed E-state index contributed by atoms with van der Waals surface area (Å²) in [6, 6.07) is 6.28. The lowest BCUT2D eigenvalue weighted by molar-refractivity contribution is 0.842. The number of hydrogen-bond acceptors (Lipinski definition) is 3. The number of nitrogens with zero attached hydrogens (tertiary/aromatic N) is 1. The molecule has 1 aromatic carbocycles. The Labute approximate surface area is 100 Å². The molecule has 1 unspecified atom stereocenters. The summed E-state index contributed by atoms with van der Waals surface area (Å²) in [5.74, 6) is 0. The lowest BCUT2D eigenvalue weighted by atomic mass is 10.00. The quantitative estimate of drug-likeness (QED) is 0.864. The molecule has 84 valence electrons. The van der Waals surface area contributed by atoms with Crippen molar-refractivity contribution in [2.75, 3.05) is 0 Å². The van der Waals surface area contributed by atoms with Crippen LogP contribution < -0.4 is 5.73 Å². The number of nitrogens with two attached hydrogens (primary N) is 1. The van der Waals surface area contributed by atoms with Gasteiger partial charge in [0.05, 0.1) is 6.04 Å². The average molecular weight is 232 g/mol. The lowest BCUT2D eigenvalue weighted by Gasteiger charge is -2.13. The monoisotopic (exact) mass is 232 g/mol. The molecule has 2 nitrogen and oxygen atoms in total. The highest BCUT2D eigenvalue weighted by molar-refractivity contribution is 7.09. The van der Waals surface area contributed by atoms with Gasteiger partial charge in [-0.3, -0.25) is 0 Å². The standard InChI is InChI=1S/C13H16N2S/c1-8-4-5-9(2)11(6-8)12(14)13-15-10(3)7-16-13/h4-7,12H,14H2,1-3H3. The summed E-state index contributed by atoms with van der Waals surface area (Å²) < 4.78 is 0. The third-order valence-electron chi connectivity index (χ3n) is 2.67. The molecule has 0 spiro atoms. The molecule has 1 atom stereocenters. The van der Waals surface area contributed by atoms with Gasteiger partial charge in [0.1, 0.15) is 5.01 Å². The van der Waals surface area contributed by atoms with Crippen LogP contribution in [0.5, 0.6) is 0 Å². The van der Waals surface area contributed by atoms with E-state index in [1.807, 2.05) is 12.3 Å². The zero-order valence-electron chi connectivity index (χ0n) is 9.82. The van der Waals surface area contributed by atoms with Gasteiger partial charge in [-0.1, -0.05) is 23.8 Å². The van der Waals surface area contributed by atoms with Gasteiger partial charge >= 0.3 is 0 Å². The van der Waals surface area contributed by atoms with Crippen molar-refractivity contribution in [1.82, 2.24) is 4.98 Å². The lowest BCUT2D eigenvalue weighted by Crippen LogP contribution is -2.13. The Morgan fingerprint density at radius 1 is 1.25 bits per heavy atom. The molecule has 0 aliphatic rings. The first-order valence-corrected chi connectivity index (χ1v) is 6.20. The topological polar surface area (TPSA) is 38.9 Å². The van der Waals surface area contributed by atoms with Gasteiger partial charge in [-0.15, -0.1) is 11.3 Å². The highest BCUT2D eigenvalue weighted by atomic mass is 32.1. The highest BCUT2D eigenvalue weighted by Gasteiger charge is 2.14. The number of hydrogen-bond donors (Lipinski definition) is 1. The number of aromatic nitrogens is 1. The molecule has 1 aromatic heterocycles. The number of rotatable bonds is 2. The van der Waals surface area contributed by atoms with E-state index >= 15 is 0 Å². The molecule has 2 aromatic rings. The Balaban J connectivity index is 2.40. The molecule has 1 heterocycles. The van der Waals surface area contributed by atoms with E-state index in [2.05, 4.69) is 37.0 Å². The normalized spacial score (nSPS) is 12.8. The van der Waals surface area contributed by atoms with Gasteiger partial charge < -0.3 is 5.73 Å². The summed E-state index contributed by atoms with van der Waals surface area (Å²) in [7, 11) is 0. The van der Waals surface area contributed by atoms with E-state index in [0.29, 0.717) is 0 Å². The first kappa shape index (κ1) is 11.3. The molecule has 0 saturated carbocycles. The van der Waals surface area contributed by atoms with Crippen LogP contribution in [0.2, 0.25) is 0 Å².